The molecule has 1 aromatic heterocycles. The molecule has 2 aromatic carbocycles. The van der Waals surface area contributed by atoms with Gasteiger partial charge in [0, 0.05) is 24.0 Å². The number of hydrogen-bond acceptors (Lipinski definition) is 3. The minimum absolute atomic E-state index is 0.0361. The van der Waals surface area contributed by atoms with Gasteiger partial charge in [0.05, 0.1) is 23.0 Å². The largest absolute Gasteiger partial charge is 0.351 e. The number of carbonyl (C=O) groups is 3. The SMILES string of the molecule is NC(=O)n1cc(CC(=O)N2C3CC3C[C@H]2C(=O)CCc2cccc(Cl)c2F)c2ccccc21. The number of ketones is 1. The molecule has 0 bridgehead atoms. The van der Waals surface area contributed by atoms with Crippen molar-refractivity contribution in [3.63, 3.8) is 0 Å². The minimum atomic E-state index is -0.616. The van der Waals surface area contributed by atoms with E-state index in [4.69, 9.17) is 17.3 Å². The third-order valence-corrected chi connectivity index (χ3v) is 7.10. The van der Waals surface area contributed by atoms with Gasteiger partial charge in [0.15, 0.2) is 5.78 Å². The van der Waals surface area contributed by atoms with Crippen LogP contribution in [0.2, 0.25) is 5.02 Å². The van der Waals surface area contributed by atoms with Crippen LogP contribution in [0.5, 0.6) is 0 Å². The highest BCUT2D eigenvalue weighted by molar-refractivity contribution is 6.30. The van der Waals surface area contributed by atoms with Gasteiger partial charge >= 0.3 is 6.03 Å². The lowest BCUT2D eigenvalue weighted by Crippen LogP contribution is -2.44. The predicted octanol–water partition coefficient (Wildman–Crippen LogP) is 4.09. The Balaban J connectivity index is 1.33. The fraction of sp³-hybridized carbons (Fsp3) is 0.320. The molecule has 2 aliphatic rings. The number of rotatable bonds is 6. The molecule has 0 radical (unpaired) electrons. The quantitative estimate of drug-likeness (QED) is 0.592. The molecule has 33 heavy (non-hydrogen) atoms. The predicted molar refractivity (Wildman–Crippen MR) is 123 cm³/mol. The first-order chi connectivity index (χ1) is 15.8. The smallest absolute Gasteiger partial charge is 0.323 e. The van der Waals surface area contributed by atoms with Crippen LogP contribution in [0.15, 0.2) is 48.7 Å². The lowest BCUT2D eigenvalue weighted by molar-refractivity contribution is -0.138. The fourth-order valence-corrected chi connectivity index (χ4v) is 5.29. The van der Waals surface area contributed by atoms with Crippen molar-refractivity contribution in [1.29, 1.82) is 0 Å². The van der Waals surface area contributed by atoms with E-state index in [2.05, 4.69) is 0 Å². The second-order valence-corrected chi connectivity index (χ2v) is 9.26. The molecular weight excluding hydrogens is 445 g/mol. The summed E-state index contributed by atoms with van der Waals surface area (Å²) in [7, 11) is 0. The summed E-state index contributed by atoms with van der Waals surface area (Å²) in [6.07, 6.45) is 3.62. The van der Waals surface area contributed by atoms with Crippen LogP contribution in [0, 0.1) is 11.7 Å². The van der Waals surface area contributed by atoms with Crippen molar-refractivity contribution in [3.8, 4) is 0 Å². The van der Waals surface area contributed by atoms with Crippen molar-refractivity contribution in [3.05, 3.63) is 70.6 Å². The molecule has 8 heteroatoms. The number of carbonyl (C=O) groups excluding carboxylic acids is 3. The number of benzene rings is 2. The topological polar surface area (TPSA) is 85.4 Å². The number of likely N-dealkylation sites (tertiary alicyclic amines) is 1. The Labute approximate surface area is 195 Å². The maximum absolute atomic E-state index is 14.2. The van der Waals surface area contributed by atoms with Crippen molar-refractivity contribution < 1.29 is 18.8 Å². The number of halogens is 2. The Bertz CT molecular complexity index is 1290. The van der Waals surface area contributed by atoms with Crippen LogP contribution in [0.3, 0.4) is 0 Å². The number of nitrogens with two attached hydrogens (primary N) is 1. The standard InChI is InChI=1S/C25H23ClFN3O3/c26-18-6-3-4-14(24(18)27)8-9-22(31)21-11-15-10-20(15)30(21)23(32)12-16-13-29(25(28)33)19-7-2-1-5-17(16)19/h1-7,13,15,20-21H,8-12H2,(H2,28,33)/t15?,20?,21-/m0/s1. The van der Waals surface area contributed by atoms with Gasteiger partial charge in [-0.15, -0.1) is 0 Å². The van der Waals surface area contributed by atoms with E-state index in [-0.39, 0.29) is 42.0 Å². The first-order valence-electron chi connectivity index (χ1n) is 11.0. The molecule has 1 saturated carbocycles. The van der Waals surface area contributed by atoms with Gasteiger partial charge in [-0.05, 0) is 48.4 Å². The van der Waals surface area contributed by atoms with Gasteiger partial charge in [-0.1, -0.05) is 41.9 Å². The number of nitrogens with zero attached hydrogens (tertiary/aromatic N) is 2. The van der Waals surface area contributed by atoms with Gasteiger partial charge in [-0.3, -0.25) is 14.2 Å². The monoisotopic (exact) mass is 467 g/mol. The van der Waals surface area contributed by atoms with Gasteiger partial charge in [-0.25, -0.2) is 9.18 Å². The van der Waals surface area contributed by atoms with Crippen molar-refractivity contribution in [1.82, 2.24) is 9.47 Å². The Morgan fingerprint density at radius 2 is 1.85 bits per heavy atom. The van der Waals surface area contributed by atoms with Gasteiger partial charge in [-0.2, -0.15) is 0 Å². The van der Waals surface area contributed by atoms with Gasteiger partial charge in [0.2, 0.25) is 5.91 Å². The number of hydrogen-bond donors (Lipinski definition) is 1. The highest BCUT2D eigenvalue weighted by Gasteiger charge is 2.55. The van der Waals surface area contributed by atoms with E-state index in [0.29, 0.717) is 29.0 Å². The molecule has 2 amide bonds. The Kier molecular flexibility index (Phi) is 5.44. The second-order valence-electron chi connectivity index (χ2n) is 8.85. The Morgan fingerprint density at radius 3 is 2.64 bits per heavy atom. The van der Waals surface area contributed by atoms with Gasteiger partial charge in [0.25, 0.3) is 0 Å². The number of fused-ring (bicyclic) bond motifs is 2. The lowest BCUT2D eigenvalue weighted by atomic mass is 9.99. The normalized spacial score (nSPS) is 21.3. The molecule has 2 heterocycles. The maximum Gasteiger partial charge on any atom is 0.323 e. The van der Waals surface area contributed by atoms with Crippen LogP contribution in [-0.4, -0.2) is 39.3 Å². The zero-order chi connectivity index (χ0) is 23.3. The molecule has 5 rings (SSSR count). The van der Waals surface area contributed by atoms with E-state index in [1.807, 2.05) is 12.1 Å². The highest BCUT2D eigenvalue weighted by atomic mass is 35.5. The van der Waals surface area contributed by atoms with E-state index >= 15 is 0 Å². The van der Waals surface area contributed by atoms with Crippen LogP contribution >= 0.6 is 11.6 Å². The molecule has 0 spiro atoms. The third kappa shape index (κ3) is 3.91. The van der Waals surface area contributed by atoms with Gasteiger partial charge in [0.1, 0.15) is 5.82 Å². The third-order valence-electron chi connectivity index (χ3n) is 6.81. The summed E-state index contributed by atoms with van der Waals surface area (Å²) in [5.74, 6) is -0.355. The molecule has 170 valence electrons. The van der Waals surface area contributed by atoms with Crippen molar-refractivity contribution in [2.75, 3.05) is 0 Å². The lowest BCUT2D eigenvalue weighted by Gasteiger charge is -2.27. The summed E-state index contributed by atoms with van der Waals surface area (Å²) in [4.78, 5) is 39.9. The highest BCUT2D eigenvalue weighted by Crippen LogP contribution is 2.48. The zero-order valence-electron chi connectivity index (χ0n) is 17.8. The van der Waals surface area contributed by atoms with Crippen LogP contribution in [0.25, 0.3) is 10.9 Å². The maximum atomic E-state index is 14.2. The summed E-state index contributed by atoms with van der Waals surface area (Å²) >= 11 is 5.84. The van der Waals surface area contributed by atoms with E-state index < -0.39 is 17.9 Å². The van der Waals surface area contributed by atoms with E-state index in [1.165, 1.54) is 10.6 Å². The Hall–Kier alpha value is -3.19. The second kappa shape index (κ2) is 8.30. The fourth-order valence-electron chi connectivity index (χ4n) is 5.10. The number of para-hydroxylation sites is 1. The average molecular weight is 468 g/mol. The summed E-state index contributed by atoms with van der Waals surface area (Å²) in [6, 6.07) is 11.0. The molecule has 3 aromatic rings. The summed E-state index contributed by atoms with van der Waals surface area (Å²) < 4.78 is 15.5. The minimum Gasteiger partial charge on any atom is -0.351 e. The molecule has 3 atom stereocenters. The number of primary amides is 1. The zero-order valence-corrected chi connectivity index (χ0v) is 18.6. The number of aromatic nitrogens is 1. The molecule has 1 aliphatic heterocycles. The first kappa shape index (κ1) is 21.6. The molecule has 6 nitrogen and oxygen atoms in total. The van der Waals surface area contributed by atoms with Crippen molar-refractivity contribution in [2.45, 2.75) is 44.2 Å². The van der Waals surface area contributed by atoms with Crippen LogP contribution in [0.4, 0.5) is 9.18 Å². The summed E-state index contributed by atoms with van der Waals surface area (Å²) in [5.41, 5.74) is 7.23. The number of Topliss-reactive ketones (excluding diaryl/α,β-unsaturated/α-hetero) is 1. The number of aryl methyl sites for hydroxylation is 1. The van der Waals surface area contributed by atoms with E-state index in [1.54, 1.807) is 35.4 Å². The molecule has 2 N–H and O–H groups in total. The summed E-state index contributed by atoms with van der Waals surface area (Å²) in [5, 5.41) is 0.824. The van der Waals surface area contributed by atoms with E-state index in [0.717, 1.165) is 11.8 Å². The molecule has 2 fully saturated rings. The molecule has 2 unspecified atom stereocenters. The van der Waals surface area contributed by atoms with E-state index in [9.17, 15) is 18.8 Å². The first-order valence-corrected chi connectivity index (χ1v) is 11.4. The molecule has 1 aliphatic carbocycles. The number of amides is 2. The van der Waals surface area contributed by atoms with Crippen LogP contribution in [0.1, 0.15) is 30.4 Å². The molecule has 1 saturated heterocycles. The number of piperidine rings is 1. The van der Waals surface area contributed by atoms with Crippen molar-refractivity contribution in [2.24, 2.45) is 11.7 Å². The van der Waals surface area contributed by atoms with Crippen molar-refractivity contribution >= 4 is 40.2 Å². The summed E-state index contributed by atoms with van der Waals surface area (Å²) in [6.45, 7) is 0. The molecular formula is C25H23ClFN3O3. The average Bonchev–Trinajstić information content (AvgIpc) is 3.30. The van der Waals surface area contributed by atoms with Crippen LogP contribution < -0.4 is 5.73 Å². The Morgan fingerprint density at radius 1 is 1.06 bits per heavy atom. The van der Waals surface area contributed by atoms with Crippen LogP contribution in [-0.2, 0) is 22.4 Å². The van der Waals surface area contributed by atoms with Gasteiger partial charge < -0.3 is 10.6 Å².